The molecule has 1 heterocycles. The summed E-state index contributed by atoms with van der Waals surface area (Å²) in [7, 11) is -3.46. The van der Waals surface area contributed by atoms with Gasteiger partial charge in [0.15, 0.2) is 0 Å². The first kappa shape index (κ1) is 16.0. The molecule has 0 saturated carbocycles. The van der Waals surface area contributed by atoms with Crippen molar-refractivity contribution in [2.24, 2.45) is 5.92 Å². The van der Waals surface area contributed by atoms with Gasteiger partial charge < -0.3 is 4.90 Å². The molecule has 1 aromatic rings. The number of rotatable bonds is 4. The molecule has 1 saturated heterocycles. The Morgan fingerprint density at radius 3 is 2.33 bits per heavy atom. The second-order valence-corrected chi connectivity index (χ2v) is 7.27. The molecule has 116 valence electrons. The lowest BCUT2D eigenvalue weighted by molar-refractivity contribution is 0.0697. The Morgan fingerprint density at radius 2 is 1.81 bits per heavy atom. The van der Waals surface area contributed by atoms with Crippen LogP contribution in [-0.4, -0.2) is 38.9 Å². The number of benzene rings is 1. The Kier molecular flexibility index (Phi) is 5.00. The zero-order valence-electron chi connectivity index (χ0n) is 12.5. The number of piperidine rings is 1. The van der Waals surface area contributed by atoms with E-state index in [0.717, 1.165) is 25.9 Å². The number of nitrogens with zero attached hydrogens (tertiary/aromatic N) is 1. The van der Waals surface area contributed by atoms with E-state index < -0.39 is 10.0 Å². The van der Waals surface area contributed by atoms with Crippen LogP contribution in [-0.2, 0) is 10.0 Å². The van der Waals surface area contributed by atoms with Crippen LogP contribution in [0.3, 0.4) is 0 Å². The number of amides is 1. The molecule has 0 radical (unpaired) electrons. The molecule has 1 aliphatic heterocycles. The van der Waals surface area contributed by atoms with Crippen LogP contribution in [0, 0.1) is 5.92 Å². The van der Waals surface area contributed by atoms with Gasteiger partial charge in [-0.2, -0.15) is 0 Å². The average Bonchev–Trinajstić information content (AvgIpc) is 2.47. The molecule has 1 aliphatic rings. The van der Waals surface area contributed by atoms with Gasteiger partial charge in [0.2, 0.25) is 10.0 Å². The van der Waals surface area contributed by atoms with Gasteiger partial charge in [0.1, 0.15) is 0 Å². The number of hydrogen-bond acceptors (Lipinski definition) is 3. The van der Waals surface area contributed by atoms with Gasteiger partial charge in [-0.3, -0.25) is 4.79 Å². The molecule has 21 heavy (non-hydrogen) atoms. The summed E-state index contributed by atoms with van der Waals surface area (Å²) in [5.41, 5.74) is 0.542. The van der Waals surface area contributed by atoms with Gasteiger partial charge in [0.05, 0.1) is 4.90 Å². The Balaban J connectivity index is 2.10. The van der Waals surface area contributed by atoms with Crippen LogP contribution in [0.15, 0.2) is 29.2 Å². The van der Waals surface area contributed by atoms with Gasteiger partial charge in [-0.15, -0.1) is 0 Å². The molecule has 2 rings (SSSR count). The molecular weight excluding hydrogens is 288 g/mol. The van der Waals surface area contributed by atoms with Crippen molar-refractivity contribution in [2.75, 3.05) is 19.6 Å². The molecule has 0 spiro atoms. The molecule has 1 aromatic carbocycles. The van der Waals surface area contributed by atoms with Crippen molar-refractivity contribution in [3.63, 3.8) is 0 Å². The van der Waals surface area contributed by atoms with Crippen molar-refractivity contribution in [2.45, 2.75) is 31.6 Å². The molecule has 6 heteroatoms. The molecule has 1 N–H and O–H groups in total. The van der Waals surface area contributed by atoms with Crippen LogP contribution in [0.4, 0.5) is 0 Å². The second kappa shape index (κ2) is 6.58. The summed E-state index contributed by atoms with van der Waals surface area (Å²) >= 11 is 0. The van der Waals surface area contributed by atoms with Crippen molar-refractivity contribution in [3.05, 3.63) is 29.8 Å². The third-order valence-corrected chi connectivity index (χ3v) is 5.38. The highest BCUT2D eigenvalue weighted by Crippen LogP contribution is 2.19. The zero-order valence-corrected chi connectivity index (χ0v) is 13.3. The maximum atomic E-state index is 12.4. The van der Waals surface area contributed by atoms with Gasteiger partial charge >= 0.3 is 0 Å². The van der Waals surface area contributed by atoms with Crippen molar-refractivity contribution in [3.8, 4) is 0 Å². The van der Waals surface area contributed by atoms with Crippen molar-refractivity contribution in [1.82, 2.24) is 9.62 Å². The minimum Gasteiger partial charge on any atom is -0.339 e. The lowest BCUT2D eigenvalue weighted by atomic mass is 9.98. The Bertz CT molecular complexity index is 588. The van der Waals surface area contributed by atoms with Crippen LogP contribution >= 0.6 is 0 Å². The van der Waals surface area contributed by atoms with Crippen molar-refractivity contribution >= 4 is 15.9 Å². The van der Waals surface area contributed by atoms with Crippen LogP contribution in [0.1, 0.15) is 37.0 Å². The minimum absolute atomic E-state index is 0.0192. The van der Waals surface area contributed by atoms with Gasteiger partial charge in [0, 0.05) is 25.2 Å². The highest BCUT2D eigenvalue weighted by molar-refractivity contribution is 7.89. The first-order valence-corrected chi connectivity index (χ1v) is 8.81. The van der Waals surface area contributed by atoms with Crippen molar-refractivity contribution in [1.29, 1.82) is 0 Å². The second-order valence-electron chi connectivity index (χ2n) is 5.50. The lowest BCUT2D eigenvalue weighted by Gasteiger charge is -2.30. The highest BCUT2D eigenvalue weighted by Gasteiger charge is 2.22. The molecule has 0 unspecified atom stereocenters. The molecule has 0 bridgehead atoms. The van der Waals surface area contributed by atoms with Gasteiger partial charge in [-0.25, -0.2) is 13.1 Å². The molecule has 5 nitrogen and oxygen atoms in total. The molecule has 0 atom stereocenters. The van der Waals surface area contributed by atoms with Gasteiger partial charge in [-0.05, 0) is 43.0 Å². The van der Waals surface area contributed by atoms with E-state index in [1.807, 2.05) is 4.90 Å². The van der Waals surface area contributed by atoms with Crippen LogP contribution in [0.2, 0.25) is 0 Å². The summed E-state index contributed by atoms with van der Waals surface area (Å²) in [5, 5.41) is 0. The van der Waals surface area contributed by atoms with E-state index >= 15 is 0 Å². The Morgan fingerprint density at radius 1 is 1.24 bits per heavy atom. The number of nitrogens with one attached hydrogen (secondary N) is 1. The Labute approximate surface area is 126 Å². The first-order valence-electron chi connectivity index (χ1n) is 7.33. The predicted octanol–water partition coefficient (Wildman–Crippen LogP) is 1.86. The highest BCUT2D eigenvalue weighted by atomic mass is 32.2. The summed E-state index contributed by atoms with van der Waals surface area (Å²) in [6.07, 6.45) is 2.05. The van der Waals surface area contributed by atoms with E-state index in [0.29, 0.717) is 18.0 Å². The van der Waals surface area contributed by atoms with E-state index in [1.54, 1.807) is 19.1 Å². The smallest absolute Gasteiger partial charge is 0.253 e. The normalized spacial score (nSPS) is 17.0. The molecule has 1 fully saturated rings. The third-order valence-electron chi connectivity index (χ3n) is 3.82. The largest absolute Gasteiger partial charge is 0.339 e. The maximum Gasteiger partial charge on any atom is 0.253 e. The maximum absolute atomic E-state index is 12.4. The summed E-state index contributed by atoms with van der Waals surface area (Å²) in [6, 6.07) is 6.14. The third kappa shape index (κ3) is 3.83. The predicted molar refractivity (Wildman–Crippen MR) is 81.6 cm³/mol. The van der Waals surface area contributed by atoms with E-state index in [9.17, 15) is 13.2 Å². The Hall–Kier alpha value is -1.40. The van der Waals surface area contributed by atoms with Crippen LogP contribution < -0.4 is 4.72 Å². The lowest BCUT2D eigenvalue weighted by Crippen LogP contribution is -2.37. The van der Waals surface area contributed by atoms with Crippen LogP contribution in [0.5, 0.6) is 0 Å². The average molecular weight is 310 g/mol. The monoisotopic (exact) mass is 310 g/mol. The van der Waals surface area contributed by atoms with Crippen molar-refractivity contribution < 1.29 is 13.2 Å². The summed E-state index contributed by atoms with van der Waals surface area (Å²) < 4.78 is 26.1. The van der Waals surface area contributed by atoms with Crippen LogP contribution in [0.25, 0.3) is 0 Å². The number of likely N-dealkylation sites (tertiary alicyclic amines) is 1. The standard InChI is InChI=1S/C15H22N2O3S/c1-3-16-21(19,20)14-6-4-13(5-7-14)15(18)17-10-8-12(2)9-11-17/h4-7,12,16H,3,8-11H2,1-2H3. The fourth-order valence-corrected chi connectivity index (χ4v) is 3.49. The number of carbonyl (C=O) groups excluding carboxylic acids is 1. The molecule has 0 aliphatic carbocycles. The molecule has 0 aromatic heterocycles. The first-order chi connectivity index (χ1) is 9.94. The summed E-state index contributed by atoms with van der Waals surface area (Å²) in [4.78, 5) is 14.4. The summed E-state index contributed by atoms with van der Waals surface area (Å²) in [5.74, 6) is 0.649. The van der Waals surface area contributed by atoms with E-state index in [1.165, 1.54) is 12.1 Å². The SMILES string of the molecule is CCNS(=O)(=O)c1ccc(C(=O)N2CCC(C)CC2)cc1. The zero-order chi connectivity index (χ0) is 15.5. The van der Waals surface area contributed by atoms with E-state index in [-0.39, 0.29) is 10.8 Å². The van der Waals surface area contributed by atoms with Gasteiger partial charge in [0.25, 0.3) is 5.91 Å². The molecule has 1 amide bonds. The molecular formula is C15H22N2O3S. The summed E-state index contributed by atoms with van der Waals surface area (Å²) in [6.45, 7) is 5.82. The number of carbonyl (C=O) groups is 1. The van der Waals surface area contributed by atoms with Gasteiger partial charge in [-0.1, -0.05) is 13.8 Å². The number of hydrogen-bond donors (Lipinski definition) is 1. The van der Waals surface area contributed by atoms with E-state index in [4.69, 9.17) is 0 Å². The fourth-order valence-electron chi connectivity index (χ4n) is 2.44. The topological polar surface area (TPSA) is 66.5 Å². The quantitative estimate of drug-likeness (QED) is 0.923. The number of sulfonamides is 1. The van der Waals surface area contributed by atoms with E-state index in [2.05, 4.69) is 11.6 Å². The fraction of sp³-hybridized carbons (Fsp3) is 0.533. The minimum atomic E-state index is -3.46.